The highest BCUT2D eigenvalue weighted by Crippen LogP contribution is 2.28. The van der Waals surface area contributed by atoms with Crippen LogP contribution in [-0.4, -0.2) is 18.1 Å². The molecule has 0 bridgehead atoms. The first kappa shape index (κ1) is 10.9. The minimum Gasteiger partial charge on any atom is -0.371 e. The van der Waals surface area contributed by atoms with Gasteiger partial charge in [0.25, 0.3) is 0 Å². The number of rotatable bonds is 2. The molecule has 0 radical (unpaired) electrons. The second-order valence-electron chi connectivity index (χ2n) is 4.75. The average Bonchev–Trinajstić information content (AvgIpc) is 2.78. The molecule has 2 heterocycles. The van der Waals surface area contributed by atoms with Gasteiger partial charge in [-0.3, -0.25) is 0 Å². The van der Waals surface area contributed by atoms with Gasteiger partial charge in [-0.25, -0.2) is 4.98 Å². The Kier molecular flexibility index (Phi) is 3.09. The Morgan fingerprint density at radius 3 is 3.00 bits per heavy atom. The lowest BCUT2D eigenvalue weighted by Crippen LogP contribution is -2.21. The lowest BCUT2D eigenvalue weighted by atomic mass is 9.95. The van der Waals surface area contributed by atoms with Crippen molar-refractivity contribution >= 4 is 5.69 Å². The van der Waals surface area contributed by atoms with Crippen LogP contribution >= 0.6 is 0 Å². The average molecular weight is 215 g/mol. The minimum atomic E-state index is 0.505. The first-order chi connectivity index (χ1) is 7.70. The summed E-state index contributed by atoms with van der Waals surface area (Å²) in [4.78, 5) is 6.35. The molecule has 1 aromatic rings. The highest BCUT2D eigenvalue weighted by molar-refractivity contribution is 5.49. The van der Waals surface area contributed by atoms with E-state index in [0.717, 1.165) is 30.6 Å². The Balaban J connectivity index is 2.12. The second-order valence-corrected chi connectivity index (χ2v) is 4.75. The van der Waals surface area contributed by atoms with Gasteiger partial charge in [-0.15, -0.1) is 0 Å². The summed E-state index contributed by atoms with van der Waals surface area (Å²) in [6.07, 6.45) is 2.97. The molecule has 0 amide bonds. The summed E-state index contributed by atoms with van der Waals surface area (Å²) < 4.78 is 0. The Labute approximate surface area is 96.7 Å². The second kappa shape index (κ2) is 4.52. The normalized spacial score (nSPS) is 20.1. The minimum absolute atomic E-state index is 0.505. The van der Waals surface area contributed by atoms with E-state index >= 15 is 0 Å². The number of hydrogen-bond acceptors (Lipinski definition) is 3. The fourth-order valence-corrected chi connectivity index (χ4v) is 2.24. The first-order valence-electron chi connectivity index (χ1n) is 5.82. The maximum Gasteiger partial charge on any atom is 0.142 e. The molecule has 1 unspecified atom stereocenters. The molecule has 1 aromatic heterocycles. The highest BCUT2D eigenvalue weighted by atomic mass is 15.2. The van der Waals surface area contributed by atoms with Crippen molar-refractivity contribution in [3.8, 4) is 6.07 Å². The molecule has 2 rings (SSSR count). The molecule has 1 aliphatic rings. The molecule has 1 atom stereocenters. The molecule has 1 fully saturated rings. The van der Waals surface area contributed by atoms with Crippen molar-refractivity contribution in [3.05, 3.63) is 24.0 Å². The number of pyridine rings is 1. The molecule has 0 aliphatic carbocycles. The fourth-order valence-electron chi connectivity index (χ4n) is 2.24. The Hall–Kier alpha value is -1.56. The van der Waals surface area contributed by atoms with Crippen molar-refractivity contribution in [3.63, 3.8) is 0 Å². The molecule has 1 saturated heterocycles. The summed E-state index contributed by atoms with van der Waals surface area (Å²) in [7, 11) is 0. The largest absolute Gasteiger partial charge is 0.371 e. The van der Waals surface area contributed by atoms with Gasteiger partial charge in [-0.1, -0.05) is 13.8 Å². The van der Waals surface area contributed by atoms with E-state index < -0.39 is 0 Å². The van der Waals surface area contributed by atoms with Crippen LogP contribution in [0.25, 0.3) is 0 Å². The maximum absolute atomic E-state index is 8.81. The number of nitriles is 1. The van der Waals surface area contributed by atoms with Crippen molar-refractivity contribution in [1.29, 1.82) is 5.26 Å². The zero-order valence-corrected chi connectivity index (χ0v) is 9.85. The van der Waals surface area contributed by atoms with Gasteiger partial charge in [0, 0.05) is 25.0 Å². The quantitative estimate of drug-likeness (QED) is 0.760. The predicted octanol–water partition coefficient (Wildman–Crippen LogP) is 2.44. The summed E-state index contributed by atoms with van der Waals surface area (Å²) in [5, 5.41) is 8.81. The lowest BCUT2D eigenvalue weighted by molar-refractivity contribution is 0.423. The molecule has 0 saturated carbocycles. The molecular formula is C13H17N3. The van der Waals surface area contributed by atoms with E-state index in [2.05, 4.69) is 29.8 Å². The Morgan fingerprint density at radius 2 is 2.38 bits per heavy atom. The Bertz CT molecular complexity index is 406. The lowest BCUT2D eigenvalue weighted by Gasteiger charge is -2.19. The van der Waals surface area contributed by atoms with Gasteiger partial charge in [0.05, 0.1) is 0 Å². The van der Waals surface area contributed by atoms with Crippen LogP contribution in [0.1, 0.15) is 26.0 Å². The van der Waals surface area contributed by atoms with Gasteiger partial charge in [0.2, 0.25) is 0 Å². The van der Waals surface area contributed by atoms with E-state index in [9.17, 15) is 0 Å². The van der Waals surface area contributed by atoms with Gasteiger partial charge in [-0.05, 0) is 30.4 Å². The van der Waals surface area contributed by atoms with Crippen LogP contribution in [0.3, 0.4) is 0 Å². The third-order valence-corrected chi connectivity index (χ3v) is 3.39. The van der Waals surface area contributed by atoms with Gasteiger partial charge in [-0.2, -0.15) is 5.26 Å². The van der Waals surface area contributed by atoms with Crippen LogP contribution in [0, 0.1) is 23.2 Å². The summed E-state index contributed by atoms with van der Waals surface area (Å²) in [5.41, 5.74) is 1.64. The smallest absolute Gasteiger partial charge is 0.142 e. The van der Waals surface area contributed by atoms with E-state index in [-0.39, 0.29) is 0 Å². The molecule has 3 heteroatoms. The maximum atomic E-state index is 8.81. The van der Waals surface area contributed by atoms with Crippen molar-refractivity contribution in [1.82, 2.24) is 4.98 Å². The third-order valence-electron chi connectivity index (χ3n) is 3.39. The Morgan fingerprint density at radius 1 is 1.56 bits per heavy atom. The highest BCUT2D eigenvalue weighted by Gasteiger charge is 2.24. The first-order valence-corrected chi connectivity index (χ1v) is 5.82. The van der Waals surface area contributed by atoms with Crippen LogP contribution in [0.2, 0.25) is 0 Å². The number of nitrogens with zero attached hydrogens (tertiary/aromatic N) is 3. The van der Waals surface area contributed by atoms with E-state index in [1.807, 2.05) is 12.1 Å². The zero-order chi connectivity index (χ0) is 11.5. The molecule has 16 heavy (non-hydrogen) atoms. The van der Waals surface area contributed by atoms with Crippen LogP contribution < -0.4 is 4.90 Å². The van der Waals surface area contributed by atoms with Gasteiger partial charge >= 0.3 is 0 Å². The number of hydrogen-bond donors (Lipinski definition) is 0. The van der Waals surface area contributed by atoms with Crippen LogP contribution in [0.5, 0.6) is 0 Å². The summed E-state index contributed by atoms with van der Waals surface area (Å²) in [5.74, 6) is 1.51. The standard InChI is InChI=1S/C13H17N3/c1-10(2)11-4-6-16(9-11)13-3-5-15-12(7-13)8-14/h3,5,7,10-11H,4,6,9H2,1-2H3. The van der Waals surface area contributed by atoms with Gasteiger partial charge < -0.3 is 4.90 Å². The molecule has 3 nitrogen and oxygen atoms in total. The molecule has 0 aromatic carbocycles. The van der Waals surface area contributed by atoms with Gasteiger partial charge in [0.15, 0.2) is 0 Å². The van der Waals surface area contributed by atoms with Crippen molar-refractivity contribution < 1.29 is 0 Å². The van der Waals surface area contributed by atoms with Crippen LogP contribution in [-0.2, 0) is 0 Å². The third kappa shape index (κ3) is 2.16. The van der Waals surface area contributed by atoms with Crippen molar-refractivity contribution in [2.75, 3.05) is 18.0 Å². The zero-order valence-electron chi connectivity index (χ0n) is 9.85. The molecule has 0 N–H and O–H groups in total. The molecular weight excluding hydrogens is 198 g/mol. The number of anilines is 1. The monoisotopic (exact) mass is 215 g/mol. The van der Waals surface area contributed by atoms with E-state index in [0.29, 0.717) is 5.69 Å². The van der Waals surface area contributed by atoms with Crippen molar-refractivity contribution in [2.45, 2.75) is 20.3 Å². The van der Waals surface area contributed by atoms with E-state index in [1.54, 1.807) is 6.20 Å². The van der Waals surface area contributed by atoms with E-state index in [4.69, 9.17) is 5.26 Å². The van der Waals surface area contributed by atoms with Gasteiger partial charge in [0.1, 0.15) is 11.8 Å². The summed E-state index contributed by atoms with van der Waals surface area (Å²) >= 11 is 0. The molecule has 1 aliphatic heterocycles. The van der Waals surface area contributed by atoms with Crippen molar-refractivity contribution in [2.24, 2.45) is 11.8 Å². The fraction of sp³-hybridized carbons (Fsp3) is 0.538. The molecule has 0 spiro atoms. The molecule has 84 valence electrons. The summed E-state index contributed by atoms with van der Waals surface area (Å²) in [6.45, 7) is 6.76. The summed E-state index contributed by atoms with van der Waals surface area (Å²) in [6, 6.07) is 5.95. The topological polar surface area (TPSA) is 39.9 Å². The number of aromatic nitrogens is 1. The van der Waals surface area contributed by atoms with Crippen LogP contribution in [0.4, 0.5) is 5.69 Å². The SMILES string of the molecule is CC(C)C1CCN(c2ccnc(C#N)c2)C1. The predicted molar refractivity (Wildman–Crippen MR) is 64.1 cm³/mol. The van der Waals surface area contributed by atoms with Crippen LogP contribution in [0.15, 0.2) is 18.3 Å². The van der Waals surface area contributed by atoms with E-state index in [1.165, 1.54) is 6.42 Å².